The molecule has 1 N–H and O–H groups in total. The molecule has 0 unspecified atom stereocenters. The molecule has 0 aliphatic carbocycles. The molecule has 132 valence electrons. The van der Waals surface area contributed by atoms with Crippen molar-refractivity contribution in [3.05, 3.63) is 63.6 Å². The third kappa shape index (κ3) is 4.75. The van der Waals surface area contributed by atoms with Gasteiger partial charge in [0.15, 0.2) is 0 Å². The summed E-state index contributed by atoms with van der Waals surface area (Å²) in [6.07, 6.45) is 1.92. The van der Waals surface area contributed by atoms with Gasteiger partial charge in [-0.05, 0) is 55.6 Å². The first kappa shape index (κ1) is 18.2. The summed E-state index contributed by atoms with van der Waals surface area (Å²) in [6, 6.07) is 13.4. The molecule has 3 rings (SSSR count). The molecule has 25 heavy (non-hydrogen) atoms. The van der Waals surface area contributed by atoms with Gasteiger partial charge in [0.25, 0.3) is 0 Å². The Balaban J connectivity index is 1.63. The molecule has 1 aliphatic rings. The Hall–Kier alpha value is -1.55. The number of amides is 1. The topological polar surface area (TPSA) is 32.3 Å². The zero-order valence-corrected chi connectivity index (χ0v) is 15.8. The van der Waals surface area contributed by atoms with Gasteiger partial charge in [-0.1, -0.05) is 47.5 Å². The van der Waals surface area contributed by atoms with Crippen molar-refractivity contribution in [1.29, 1.82) is 0 Å². The molecule has 0 radical (unpaired) electrons. The molecule has 0 spiro atoms. The molecule has 0 aromatic heterocycles. The van der Waals surface area contributed by atoms with E-state index in [0.717, 1.165) is 54.3 Å². The number of benzene rings is 2. The average molecular weight is 377 g/mol. The molecule has 3 nitrogen and oxygen atoms in total. The minimum Gasteiger partial charge on any atom is -0.326 e. The normalized spacial score (nSPS) is 18.1. The van der Waals surface area contributed by atoms with E-state index >= 15 is 0 Å². The Labute approximate surface area is 158 Å². The molecule has 1 amide bonds. The van der Waals surface area contributed by atoms with Crippen LogP contribution in [-0.4, -0.2) is 23.9 Å². The highest BCUT2D eigenvalue weighted by Gasteiger charge is 2.26. The molecule has 1 aliphatic heterocycles. The molecule has 2 aromatic carbocycles. The SMILES string of the molecule is Cc1ccc(Cl)cc1NC(=O)[C@H]1CCCN(Cc2ccccc2Cl)C1. The maximum atomic E-state index is 12.7. The molecular weight excluding hydrogens is 355 g/mol. The number of carbonyl (C=O) groups excluding carboxylic acids is 1. The maximum Gasteiger partial charge on any atom is 0.228 e. The molecule has 5 heteroatoms. The number of aryl methyl sites for hydroxylation is 1. The van der Waals surface area contributed by atoms with Crippen LogP contribution in [-0.2, 0) is 11.3 Å². The van der Waals surface area contributed by atoms with Crippen molar-refractivity contribution in [3.63, 3.8) is 0 Å². The number of anilines is 1. The van der Waals surface area contributed by atoms with Crippen LogP contribution in [0.25, 0.3) is 0 Å². The highest BCUT2D eigenvalue weighted by atomic mass is 35.5. The number of nitrogens with zero attached hydrogens (tertiary/aromatic N) is 1. The van der Waals surface area contributed by atoms with Crippen LogP contribution >= 0.6 is 23.2 Å². The zero-order valence-electron chi connectivity index (χ0n) is 14.3. The molecular formula is C20H22Cl2N2O. The van der Waals surface area contributed by atoms with E-state index in [2.05, 4.69) is 10.2 Å². The summed E-state index contributed by atoms with van der Waals surface area (Å²) in [4.78, 5) is 15.0. The van der Waals surface area contributed by atoms with Gasteiger partial charge in [0.2, 0.25) is 5.91 Å². The molecule has 1 atom stereocenters. The average Bonchev–Trinajstić information content (AvgIpc) is 2.60. The first-order valence-corrected chi connectivity index (χ1v) is 9.31. The van der Waals surface area contributed by atoms with Crippen LogP contribution in [0.15, 0.2) is 42.5 Å². The maximum absolute atomic E-state index is 12.7. The van der Waals surface area contributed by atoms with E-state index < -0.39 is 0 Å². The molecule has 1 saturated heterocycles. The van der Waals surface area contributed by atoms with Gasteiger partial charge < -0.3 is 5.32 Å². The fourth-order valence-electron chi connectivity index (χ4n) is 3.24. The highest BCUT2D eigenvalue weighted by molar-refractivity contribution is 6.31. The van der Waals surface area contributed by atoms with E-state index in [1.54, 1.807) is 6.07 Å². The Kier molecular flexibility index (Phi) is 6.00. The van der Waals surface area contributed by atoms with Crippen molar-refractivity contribution >= 4 is 34.8 Å². The first-order chi connectivity index (χ1) is 12.0. The monoisotopic (exact) mass is 376 g/mol. The van der Waals surface area contributed by atoms with Gasteiger partial charge in [-0.3, -0.25) is 9.69 Å². The summed E-state index contributed by atoms with van der Waals surface area (Å²) < 4.78 is 0. The van der Waals surface area contributed by atoms with Crippen molar-refractivity contribution in [1.82, 2.24) is 4.90 Å². The minimum atomic E-state index is -0.0189. The van der Waals surface area contributed by atoms with Gasteiger partial charge in [-0.25, -0.2) is 0 Å². The summed E-state index contributed by atoms with van der Waals surface area (Å²) in [5.41, 5.74) is 2.91. The fraction of sp³-hybridized carbons (Fsp3) is 0.350. The molecule has 0 bridgehead atoms. The van der Waals surface area contributed by atoms with Crippen molar-refractivity contribution < 1.29 is 4.79 Å². The predicted molar refractivity (Wildman–Crippen MR) is 104 cm³/mol. The largest absolute Gasteiger partial charge is 0.326 e. The third-order valence-corrected chi connectivity index (χ3v) is 5.29. The van der Waals surface area contributed by atoms with E-state index in [1.807, 2.05) is 43.3 Å². The molecule has 1 fully saturated rings. The van der Waals surface area contributed by atoms with Gasteiger partial charge in [0, 0.05) is 28.8 Å². The summed E-state index contributed by atoms with van der Waals surface area (Å²) in [6.45, 7) is 4.48. The van der Waals surface area contributed by atoms with Gasteiger partial charge in [0.05, 0.1) is 5.92 Å². The van der Waals surface area contributed by atoms with E-state index in [0.29, 0.717) is 5.02 Å². The lowest BCUT2D eigenvalue weighted by Gasteiger charge is -2.32. The van der Waals surface area contributed by atoms with Gasteiger partial charge in [-0.2, -0.15) is 0 Å². The second kappa shape index (κ2) is 8.22. The first-order valence-electron chi connectivity index (χ1n) is 8.55. The molecule has 0 saturated carbocycles. The number of carbonyl (C=O) groups is 1. The number of piperidine rings is 1. The number of rotatable bonds is 4. The number of likely N-dealkylation sites (tertiary alicyclic amines) is 1. The van der Waals surface area contributed by atoms with Crippen LogP contribution in [0.4, 0.5) is 5.69 Å². The smallest absolute Gasteiger partial charge is 0.228 e. The predicted octanol–water partition coefficient (Wildman–Crippen LogP) is 5.15. The lowest BCUT2D eigenvalue weighted by atomic mass is 9.96. The number of nitrogens with one attached hydrogen (secondary N) is 1. The Morgan fingerprint density at radius 2 is 2.04 bits per heavy atom. The molecule has 2 aromatic rings. The number of hydrogen-bond donors (Lipinski definition) is 1. The van der Waals surface area contributed by atoms with E-state index in [1.165, 1.54) is 0 Å². The van der Waals surface area contributed by atoms with Crippen molar-refractivity contribution in [3.8, 4) is 0 Å². The lowest BCUT2D eigenvalue weighted by Crippen LogP contribution is -2.40. The van der Waals surface area contributed by atoms with Gasteiger partial charge >= 0.3 is 0 Å². The third-order valence-electron chi connectivity index (χ3n) is 4.69. The van der Waals surface area contributed by atoms with Crippen molar-refractivity contribution in [2.45, 2.75) is 26.3 Å². The van der Waals surface area contributed by atoms with E-state index in [4.69, 9.17) is 23.2 Å². The highest BCUT2D eigenvalue weighted by Crippen LogP contribution is 2.25. The number of halogens is 2. The second-order valence-corrected chi connectivity index (χ2v) is 7.46. The van der Waals surface area contributed by atoms with Gasteiger partial charge in [0.1, 0.15) is 0 Å². The van der Waals surface area contributed by atoms with Crippen LogP contribution in [0.3, 0.4) is 0 Å². The van der Waals surface area contributed by atoms with E-state index in [9.17, 15) is 4.79 Å². The Morgan fingerprint density at radius 1 is 1.24 bits per heavy atom. The quantitative estimate of drug-likeness (QED) is 0.799. The van der Waals surface area contributed by atoms with Gasteiger partial charge in [-0.15, -0.1) is 0 Å². The Bertz CT molecular complexity index is 763. The fourth-order valence-corrected chi connectivity index (χ4v) is 3.61. The second-order valence-electron chi connectivity index (χ2n) is 6.61. The summed E-state index contributed by atoms with van der Waals surface area (Å²) in [7, 11) is 0. The standard InChI is InChI=1S/C20H22Cl2N2O/c1-14-8-9-17(21)11-19(14)23-20(25)16-6-4-10-24(13-16)12-15-5-2-3-7-18(15)22/h2-3,5,7-9,11,16H,4,6,10,12-13H2,1H3,(H,23,25)/t16-/m0/s1. The van der Waals surface area contributed by atoms with Crippen LogP contribution in [0.5, 0.6) is 0 Å². The van der Waals surface area contributed by atoms with Crippen molar-refractivity contribution in [2.75, 3.05) is 18.4 Å². The summed E-state index contributed by atoms with van der Waals surface area (Å²) >= 11 is 12.3. The Morgan fingerprint density at radius 3 is 2.84 bits per heavy atom. The molecule has 1 heterocycles. The van der Waals surface area contributed by atoms with Crippen molar-refractivity contribution in [2.24, 2.45) is 5.92 Å². The minimum absolute atomic E-state index is 0.0189. The van der Waals surface area contributed by atoms with Crippen LogP contribution in [0, 0.1) is 12.8 Å². The zero-order chi connectivity index (χ0) is 17.8. The van der Waals surface area contributed by atoms with Crippen LogP contribution in [0.1, 0.15) is 24.0 Å². The summed E-state index contributed by atoms with van der Waals surface area (Å²) in [5, 5.41) is 4.45. The number of hydrogen-bond acceptors (Lipinski definition) is 2. The summed E-state index contributed by atoms with van der Waals surface area (Å²) in [5.74, 6) is 0.0452. The van der Waals surface area contributed by atoms with Crippen LogP contribution in [0.2, 0.25) is 10.0 Å². The van der Waals surface area contributed by atoms with E-state index in [-0.39, 0.29) is 11.8 Å². The van der Waals surface area contributed by atoms with Crippen LogP contribution < -0.4 is 5.32 Å². The lowest BCUT2D eigenvalue weighted by molar-refractivity contribution is -0.121.